The van der Waals surface area contributed by atoms with E-state index in [-0.39, 0.29) is 11.9 Å². The highest BCUT2D eigenvalue weighted by molar-refractivity contribution is 6.73. The van der Waals surface area contributed by atoms with Gasteiger partial charge in [-0.3, -0.25) is 4.79 Å². The van der Waals surface area contributed by atoms with E-state index in [2.05, 4.69) is 27.7 Å². The zero-order valence-electron chi connectivity index (χ0n) is 16.8. The monoisotopic (exact) mass is 364 g/mol. The minimum atomic E-state index is -1.81. The number of methoxy groups -OCH3 is 1. The topological polar surface area (TPSA) is 35.5 Å². The van der Waals surface area contributed by atoms with Crippen LogP contribution in [-0.2, 0) is 4.43 Å². The highest BCUT2D eigenvalue weighted by Gasteiger charge is 2.34. The number of hydrogen-bond donors (Lipinski definition) is 0. The summed E-state index contributed by atoms with van der Waals surface area (Å²) in [5, 5.41) is 0. The van der Waals surface area contributed by atoms with Gasteiger partial charge in [-0.15, -0.1) is 0 Å². The quantitative estimate of drug-likeness (QED) is 0.236. The smallest absolute Gasteiger partial charge is 0.193 e. The summed E-state index contributed by atoms with van der Waals surface area (Å²) in [6.45, 7) is 8.85. The third-order valence-electron chi connectivity index (χ3n) is 5.31. The van der Waals surface area contributed by atoms with Crippen LogP contribution in [0.5, 0.6) is 5.75 Å². The Hall–Kier alpha value is -1.13. The molecule has 0 aliphatic rings. The maximum Gasteiger partial charge on any atom is 0.193 e. The van der Waals surface area contributed by atoms with Crippen molar-refractivity contribution in [2.75, 3.05) is 7.11 Å². The molecule has 0 N–H and O–H groups in total. The van der Waals surface area contributed by atoms with Crippen LogP contribution in [-0.4, -0.2) is 27.3 Å². The molecule has 1 atom stereocenters. The summed E-state index contributed by atoms with van der Waals surface area (Å²) < 4.78 is 11.8. The van der Waals surface area contributed by atoms with Gasteiger partial charge in [0.05, 0.1) is 7.11 Å². The van der Waals surface area contributed by atoms with Gasteiger partial charge in [0, 0.05) is 5.56 Å². The molecule has 1 unspecified atom stereocenters. The van der Waals surface area contributed by atoms with Crippen molar-refractivity contribution in [3.05, 3.63) is 29.8 Å². The number of benzene rings is 1. The lowest BCUT2D eigenvalue weighted by atomic mass is 10.0. The number of rotatable bonds is 13. The zero-order chi connectivity index (χ0) is 18.7. The third kappa shape index (κ3) is 6.59. The van der Waals surface area contributed by atoms with Crippen LogP contribution in [0.25, 0.3) is 0 Å². The number of carbonyl (C=O) groups is 1. The molecule has 25 heavy (non-hydrogen) atoms. The SMILES string of the molecule is CCCCCCC(O[Si](CC)(CC)CC)C(=O)c1ccc(OC)cc1. The summed E-state index contributed by atoms with van der Waals surface area (Å²) in [7, 11) is -0.169. The fraction of sp³-hybridized carbons (Fsp3) is 0.667. The number of hydrogen-bond acceptors (Lipinski definition) is 3. The van der Waals surface area contributed by atoms with E-state index in [0.29, 0.717) is 0 Å². The Kier molecular flexibility index (Phi) is 10.1. The predicted molar refractivity (Wildman–Crippen MR) is 108 cm³/mol. The van der Waals surface area contributed by atoms with Crippen LogP contribution in [0.2, 0.25) is 18.1 Å². The van der Waals surface area contributed by atoms with Crippen molar-refractivity contribution in [2.24, 2.45) is 0 Å². The summed E-state index contributed by atoms with van der Waals surface area (Å²) in [4.78, 5) is 13.1. The van der Waals surface area contributed by atoms with E-state index >= 15 is 0 Å². The van der Waals surface area contributed by atoms with Crippen molar-refractivity contribution < 1.29 is 14.0 Å². The molecule has 1 rings (SSSR count). The molecule has 1 aromatic rings. The maximum atomic E-state index is 13.1. The average Bonchev–Trinajstić information content (AvgIpc) is 2.67. The Morgan fingerprint density at radius 3 is 2.04 bits per heavy atom. The van der Waals surface area contributed by atoms with Gasteiger partial charge >= 0.3 is 0 Å². The molecule has 0 amide bonds. The minimum Gasteiger partial charge on any atom is -0.497 e. The number of carbonyl (C=O) groups excluding carboxylic acids is 1. The molecular formula is C21H36O3Si. The minimum absolute atomic E-state index is 0.131. The molecule has 142 valence electrons. The molecule has 0 radical (unpaired) electrons. The maximum absolute atomic E-state index is 13.1. The normalized spacial score (nSPS) is 12.8. The van der Waals surface area contributed by atoms with E-state index in [0.717, 1.165) is 42.3 Å². The fourth-order valence-electron chi connectivity index (χ4n) is 3.24. The van der Waals surface area contributed by atoms with Gasteiger partial charge in [-0.2, -0.15) is 0 Å². The van der Waals surface area contributed by atoms with Gasteiger partial charge in [0.25, 0.3) is 0 Å². The van der Waals surface area contributed by atoms with Crippen molar-refractivity contribution in [1.29, 1.82) is 0 Å². The number of unbranched alkanes of at least 4 members (excludes halogenated alkanes) is 3. The molecule has 0 aliphatic heterocycles. The predicted octanol–water partition coefficient (Wildman–Crippen LogP) is 6.24. The van der Waals surface area contributed by atoms with E-state index in [1.165, 1.54) is 19.3 Å². The van der Waals surface area contributed by atoms with Crippen molar-refractivity contribution in [3.8, 4) is 5.75 Å². The van der Waals surface area contributed by atoms with Gasteiger partial charge < -0.3 is 9.16 Å². The molecule has 1 aromatic carbocycles. The number of ketones is 1. The zero-order valence-corrected chi connectivity index (χ0v) is 17.8. The molecule has 0 aliphatic carbocycles. The van der Waals surface area contributed by atoms with Crippen molar-refractivity contribution in [2.45, 2.75) is 84.0 Å². The second-order valence-electron chi connectivity index (χ2n) is 6.79. The fourth-order valence-corrected chi connectivity index (χ4v) is 6.07. The first kappa shape index (κ1) is 21.9. The molecular weight excluding hydrogens is 328 g/mol. The van der Waals surface area contributed by atoms with Crippen LogP contribution in [0.3, 0.4) is 0 Å². The van der Waals surface area contributed by atoms with E-state index < -0.39 is 8.32 Å². The molecule has 0 spiro atoms. The molecule has 4 heteroatoms. The van der Waals surface area contributed by atoms with Gasteiger partial charge in [-0.05, 0) is 48.8 Å². The summed E-state index contributed by atoms with van der Waals surface area (Å²) in [6.07, 6.45) is 5.20. The van der Waals surface area contributed by atoms with E-state index in [1.54, 1.807) is 7.11 Å². The second kappa shape index (κ2) is 11.5. The van der Waals surface area contributed by atoms with Gasteiger partial charge in [0.2, 0.25) is 0 Å². The summed E-state index contributed by atoms with van der Waals surface area (Å²) in [5.74, 6) is 0.905. The molecule has 0 saturated heterocycles. The molecule has 0 fully saturated rings. The third-order valence-corrected chi connectivity index (χ3v) is 9.96. The summed E-state index contributed by atoms with van der Waals surface area (Å²) in [6, 6.07) is 10.6. The Morgan fingerprint density at radius 1 is 0.960 bits per heavy atom. The van der Waals surface area contributed by atoms with Crippen molar-refractivity contribution in [3.63, 3.8) is 0 Å². The molecule has 0 aromatic heterocycles. The van der Waals surface area contributed by atoms with Crippen LogP contribution in [0, 0.1) is 0 Å². The first-order chi connectivity index (χ1) is 12.1. The van der Waals surface area contributed by atoms with E-state index in [9.17, 15) is 4.79 Å². The standard InChI is InChI=1S/C21H36O3Si/c1-6-10-11-12-13-20(24-25(7-2,8-3)9-4)21(22)18-14-16-19(23-5)17-15-18/h14-17,20H,6-13H2,1-5H3. The lowest BCUT2D eigenvalue weighted by molar-refractivity contribution is 0.0752. The first-order valence-corrected chi connectivity index (χ1v) is 12.4. The van der Waals surface area contributed by atoms with Crippen molar-refractivity contribution >= 4 is 14.1 Å². The lowest BCUT2D eigenvalue weighted by Gasteiger charge is -2.32. The van der Waals surface area contributed by atoms with Gasteiger partial charge in [0.15, 0.2) is 14.1 Å². The Morgan fingerprint density at radius 2 is 1.56 bits per heavy atom. The van der Waals surface area contributed by atoms with Crippen LogP contribution >= 0.6 is 0 Å². The van der Waals surface area contributed by atoms with E-state index in [1.807, 2.05) is 24.3 Å². The Bertz CT molecular complexity index is 486. The summed E-state index contributed by atoms with van der Waals surface area (Å²) in [5.41, 5.74) is 0.729. The molecule has 0 bridgehead atoms. The van der Waals surface area contributed by atoms with Gasteiger partial charge in [-0.25, -0.2) is 0 Å². The van der Waals surface area contributed by atoms with Crippen molar-refractivity contribution in [1.82, 2.24) is 0 Å². The van der Waals surface area contributed by atoms with E-state index in [4.69, 9.17) is 9.16 Å². The molecule has 0 saturated carbocycles. The molecule has 0 heterocycles. The van der Waals surface area contributed by atoms with Gasteiger partial charge in [-0.1, -0.05) is 53.4 Å². The highest BCUT2D eigenvalue weighted by Crippen LogP contribution is 2.27. The van der Waals surface area contributed by atoms with Crippen LogP contribution < -0.4 is 4.74 Å². The summed E-state index contributed by atoms with van der Waals surface area (Å²) >= 11 is 0. The number of Topliss-reactive ketones (excluding diaryl/α,β-unsaturated/α-hetero) is 1. The lowest BCUT2D eigenvalue weighted by Crippen LogP contribution is -2.42. The van der Waals surface area contributed by atoms with Crippen LogP contribution in [0.4, 0.5) is 0 Å². The second-order valence-corrected chi connectivity index (χ2v) is 11.5. The highest BCUT2D eigenvalue weighted by atomic mass is 28.4. The molecule has 3 nitrogen and oxygen atoms in total. The van der Waals surface area contributed by atoms with Crippen LogP contribution in [0.15, 0.2) is 24.3 Å². The number of ether oxygens (including phenoxy) is 1. The van der Waals surface area contributed by atoms with Gasteiger partial charge in [0.1, 0.15) is 11.9 Å². The Labute approximate surface area is 155 Å². The Balaban J connectivity index is 2.92. The average molecular weight is 365 g/mol. The first-order valence-electron chi connectivity index (χ1n) is 9.91. The largest absolute Gasteiger partial charge is 0.497 e. The van der Waals surface area contributed by atoms with Crippen LogP contribution in [0.1, 0.15) is 70.2 Å².